The smallest absolute Gasteiger partial charge is 0.244 e. The lowest BCUT2D eigenvalue weighted by Gasteiger charge is -2.21. The number of nitrogens with zero attached hydrogens (tertiary/aromatic N) is 3. The number of carbonyl (C=O) groups is 1. The van der Waals surface area contributed by atoms with Crippen LogP contribution in [0.4, 0.5) is 0 Å². The number of aliphatic hydroxyl groups excluding tert-OH is 1. The average Bonchev–Trinajstić information content (AvgIpc) is 2.76. The van der Waals surface area contributed by atoms with E-state index >= 15 is 0 Å². The van der Waals surface area contributed by atoms with Gasteiger partial charge in [-0.2, -0.15) is 5.10 Å². The molecule has 1 heterocycles. The first-order valence-corrected chi connectivity index (χ1v) is 5.13. The van der Waals surface area contributed by atoms with E-state index in [9.17, 15) is 4.79 Å². The third kappa shape index (κ3) is 4.00. The lowest BCUT2D eigenvalue weighted by Crippen LogP contribution is -2.38. The van der Waals surface area contributed by atoms with E-state index in [0.717, 1.165) is 0 Å². The van der Waals surface area contributed by atoms with Crippen molar-refractivity contribution in [3.63, 3.8) is 0 Å². The summed E-state index contributed by atoms with van der Waals surface area (Å²) in [6, 6.07) is 1.76. The van der Waals surface area contributed by atoms with Crippen molar-refractivity contribution in [2.24, 2.45) is 0 Å². The molecule has 0 bridgehead atoms. The van der Waals surface area contributed by atoms with E-state index in [4.69, 9.17) is 9.84 Å². The van der Waals surface area contributed by atoms with E-state index in [1.165, 1.54) is 0 Å². The van der Waals surface area contributed by atoms with Gasteiger partial charge in [-0.05, 0) is 6.07 Å². The van der Waals surface area contributed by atoms with Crippen molar-refractivity contribution < 1.29 is 14.6 Å². The van der Waals surface area contributed by atoms with Gasteiger partial charge < -0.3 is 14.7 Å². The maximum absolute atomic E-state index is 11.8. The van der Waals surface area contributed by atoms with Crippen molar-refractivity contribution in [3.05, 3.63) is 18.5 Å². The molecule has 0 aliphatic heterocycles. The molecule has 0 fully saturated rings. The number of carbonyl (C=O) groups excluding carboxylic acids is 1. The standard InChI is InChI=1S/C10H17N3O3/c1-16-8-6-12(5-7-14)10(15)9-13-4-2-3-11-13/h2-4,14H,5-9H2,1H3. The molecule has 0 aliphatic carbocycles. The summed E-state index contributed by atoms with van der Waals surface area (Å²) in [6.45, 7) is 1.41. The Hall–Kier alpha value is -1.40. The Morgan fingerprint density at radius 3 is 2.94 bits per heavy atom. The highest BCUT2D eigenvalue weighted by atomic mass is 16.5. The van der Waals surface area contributed by atoms with Gasteiger partial charge in [0.25, 0.3) is 0 Å². The SMILES string of the molecule is COCCN(CCO)C(=O)Cn1cccn1. The number of hydrogen-bond donors (Lipinski definition) is 1. The minimum Gasteiger partial charge on any atom is -0.395 e. The lowest BCUT2D eigenvalue weighted by molar-refractivity contribution is -0.133. The molecule has 0 unspecified atom stereocenters. The molecule has 16 heavy (non-hydrogen) atoms. The predicted molar refractivity (Wildman–Crippen MR) is 57.8 cm³/mol. The van der Waals surface area contributed by atoms with Crippen LogP contribution < -0.4 is 0 Å². The normalized spacial score (nSPS) is 10.4. The summed E-state index contributed by atoms with van der Waals surface area (Å²) >= 11 is 0. The molecular formula is C10H17N3O3. The summed E-state index contributed by atoms with van der Waals surface area (Å²) in [6.07, 6.45) is 3.35. The fourth-order valence-electron chi connectivity index (χ4n) is 1.32. The van der Waals surface area contributed by atoms with Crippen LogP contribution in [-0.4, -0.2) is 59.1 Å². The predicted octanol–water partition coefficient (Wildman–Crippen LogP) is -0.650. The number of aromatic nitrogens is 2. The van der Waals surface area contributed by atoms with Crippen molar-refractivity contribution >= 4 is 5.91 Å². The summed E-state index contributed by atoms with van der Waals surface area (Å²) in [5.74, 6) is -0.0743. The topological polar surface area (TPSA) is 67.6 Å². The summed E-state index contributed by atoms with van der Waals surface area (Å²) in [7, 11) is 1.58. The Bertz CT molecular complexity index is 300. The summed E-state index contributed by atoms with van der Waals surface area (Å²) in [4.78, 5) is 13.4. The molecule has 0 spiro atoms. The zero-order valence-electron chi connectivity index (χ0n) is 9.37. The molecule has 0 radical (unpaired) electrons. The van der Waals surface area contributed by atoms with Gasteiger partial charge in [0.15, 0.2) is 0 Å². The third-order valence-corrected chi connectivity index (χ3v) is 2.14. The highest BCUT2D eigenvalue weighted by Crippen LogP contribution is 1.94. The van der Waals surface area contributed by atoms with E-state index in [1.54, 1.807) is 35.2 Å². The zero-order valence-corrected chi connectivity index (χ0v) is 9.37. The van der Waals surface area contributed by atoms with Crippen LogP contribution in [0, 0.1) is 0 Å². The number of amides is 1. The number of methoxy groups -OCH3 is 1. The second kappa shape index (κ2) is 6.97. The van der Waals surface area contributed by atoms with Gasteiger partial charge in [0.2, 0.25) is 5.91 Å². The number of ether oxygens (including phenoxy) is 1. The molecule has 0 aromatic carbocycles. The summed E-state index contributed by atoms with van der Waals surface area (Å²) in [5, 5.41) is 12.8. The molecule has 6 heteroatoms. The van der Waals surface area contributed by atoms with E-state index < -0.39 is 0 Å². The average molecular weight is 227 g/mol. The number of aliphatic hydroxyl groups is 1. The van der Waals surface area contributed by atoms with E-state index in [-0.39, 0.29) is 19.1 Å². The van der Waals surface area contributed by atoms with Gasteiger partial charge >= 0.3 is 0 Å². The molecule has 0 atom stereocenters. The van der Waals surface area contributed by atoms with Crippen molar-refractivity contribution in [1.29, 1.82) is 0 Å². The van der Waals surface area contributed by atoms with E-state index in [2.05, 4.69) is 5.10 Å². The molecular weight excluding hydrogens is 210 g/mol. The van der Waals surface area contributed by atoms with Gasteiger partial charge in [-0.3, -0.25) is 9.48 Å². The molecule has 1 N–H and O–H groups in total. The lowest BCUT2D eigenvalue weighted by atomic mass is 10.4. The largest absolute Gasteiger partial charge is 0.395 e. The first-order chi connectivity index (χ1) is 7.77. The van der Waals surface area contributed by atoms with E-state index in [0.29, 0.717) is 19.7 Å². The minimum atomic E-state index is -0.0743. The van der Waals surface area contributed by atoms with Gasteiger partial charge in [-0.1, -0.05) is 0 Å². The van der Waals surface area contributed by atoms with Crippen LogP contribution in [0.15, 0.2) is 18.5 Å². The van der Waals surface area contributed by atoms with Gasteiger partial charge in [0.1, 0.15) is 6.54 Å². The molecule has 0 aliphatic rings. The molecule has 1 rings (SSSR count). The Labute approximate surface area is 94.4 Å². The van der Waals surface area contributed by atoms with Crippen LogP contribution in [0.2, 0.25) is 0 Å². The molecule has 90 valence electrons. The highest BCUT2D eigenvalue weighted by Gasteiger charge is 2.12. The molecule has 1 aromatic rings. The first-order valence-electron chi connectivity index (χ1n) is 5.13. The van der Waals surface area contributed by atoms with Crippen molar-refractivity contribution in [3.8, 4) is 0 Å². The minimum absolute atomic E-state index is 0.0471. The monoisotopic (exact) mass is 227 g/mol. The van der Waals surface area contributed by atoms with Gasteiger partial charge in [0.05, 0.1) is 13.2 Å². The second-order valence-electron chi connectivity index (χ2n) is 3.30. The van der Waals surface area contributed by atoms with Gasteiger partial charge in [-0.25, -0.2) is 0 Å². The number of rotatable bonds is 7. The Morgan fingerprint density at radius 1 is 1.56 bits per heavy atom. The number of hydrogen-bond acceptors (Lipinski definition) is 4. The van der Waals surface area contributed by atoms with Crippen LogP contribution in [0.25, 0.3) is 0 Å². The Kier molecular flexibility index (Phi) is 5.52. The zero-order chi connectivity index (χ0) is 11.8. The summed E-state index contributed by atoms with van der Waals surface area (Å²) < 4.78 is 6.46. The van der Waals surface area contributed by atoms with Crippen LogP contribution >= 0.6 is 0 Å². The Balaban J connectivity index is 2.46. The Morgan fingerprint density at radius 2 is 2.38 bits per heavy atom. The fraction of sp³-hybridized carbons (Fsp3) is 0.600. The fourth-order valence-corrected chi connectivity index (χ4v) is 1.32. The van der Waals surface area contributed by atoms with Crippen molar-refractivity contribution in [1.82, 2.24) is 14.7 Å². The van der Waals surface area contributed by atoms with Crippen LogP contribution in [-0.2, 0) is 16.1 Å². The third-order valence-electron chi connectivity index (χ3n) is 2.14. The summed E-state index contributed by atoms with van der Waals surface area (Å²) in [5.41, 5.74) is 0. The van der Waals surface area contributed by atoms with Crippen LogP contribution in [0.3, 0.4) is 0 Å². The molecule has 0 saturated carbocycles. The molecule has 1 amide bonds. The quantitative estimate of drug-likeness (QED) is 0.672. The maximum atomic E-state index is 11.8. The van der Waals surface area contributed by atoms with Gasteiger partial charge in [-0.15, -0.1) is 0 Å². The molecule has 1 aromatic heterocycles. The maximum Gasteiger partial charge on any atom is 0.244 e. The van der Waals surface area contributed by atoms with Crippen LogP contribution in [0.1, 0.15) is 0 Å². The molecule has 6 nitrogen and oxygen atoms in total. The van der Waals surface area contributed by atoms with E-state index in [1.807, 2.05) is 0 Å². The van der Waals surface area contributed by atoms with Gasteiger partial charge in [0, 0.05) is 32.6 Å². The molecule has 0 saturated heterocycles. The van der Waals surface area contributed by atoms with Crippen molar-refractivity contribution in [2.45, 2.75) is 6.54 Å². The second-order valence-corrected chi connectivity index (χ2v) is 3.30. The van der Waals surface area contributed by atoms with Crippen LogP contribution in [0.5, 0.6) is 0 Å². The first kappa shape index (κ1) is 12.7. The highest BCUT2D eigenvalue weighted by molar-refractivity contribution is 5.75. The van der Waals surface area contributed by atoms with Crippen molar-refractivity contribution in [2.75, 3.05) is 33.4 Å².